The summed E-state index contributed by atoms with van der Waals surface area (Å²) < 4.78 is 38.5. The van der Waals surface area contributed by atoms with Crippen LogP contribution in [0.5, 0.6) is 0 Å². The van der Waals surface area contributed by atoms with E-state index in [1.807, 2.05) is 0 Å². The fraction of sp³-hybridized carbons (Fsp3) is 0.294. The van der Waals surface area contributed by atoms with E-state index in [4.69, 9.17) is 0 Å². The Labute approximate surface area is 142 Å². The number of anilines is 2. The Morgan fingerprint density at radius 3 is 2.64 bits per heavy atom. The number of pyridine rings is 1. The van der Waals surface area contributed by atoms with Crippen molar-refractivity contribution >= 4 is 17.4 Å². The Kier molecular flexibility index (Phi) is 4.89. The van der Waals surface area contributed by atoms with Crippen LogP contribution in [0.25, 0.3) is 0 Å². The van der Waals surface area contributed by atoms with Gasteiger partial charge in [-0.1, -0.05) is 6.07 Å². The molecule has 0 aliphatic carbocycles. The summed E-state index contributed by atoms with van der Waals surface area (Å²) in [7, 11) is 0. The Morgan fingerprint density at radius 1 is 1.16 bits per heavy atom. The monoisotopic (exact) mass is 350 g/mol. The number of aromatic nitrogens is 1. The number of rotatable bonds is 3. The summed E-state index contributed by atoms with van der Waals surface area (Å²) in [6.07, 6.45) is -2.94. The van der Waals surface area contributed by atoms with Crippen LogP contribution in [0.15, 0.2) is 42.6 Å². The standard InChI is InChI=1S/C17H17F3N4O/c18-17(19,20)12-3-1-4-13(11-12)23-15-14(5-2-6-22-15)16(25)24-9-7-21-8-10-24/h1-6,11,21H,7-10H2,(H,22,23). The first-order valence-corrected chi connectivity index (χ1v) is 7.84. The third-order valence-corrected chi connectivity index (χ3v) is 3.89. The molecular weight excluding hydrogens is 333 g/mol. The van der Waals surface area contributed by atoms with Crippen LogP contribution in [-0.4, -0.2) is 42.0 Å². The zero-order valence-electron chi connectivity index (χ0n) is 13.3. The molecule has 1 aliphatic rings. The molecule has 1 aliphatic heterocycles. The zero-order chi connectivity index (χ0) is 17.9. The van der Waals surface area contributed by atoms with Gasteiger partial charge in [0, 0.05) is 38.1 Å². The topological polar surface area (TPSA) is 57.3 Å². The smallest absolute Gasteiger partial charge is 0.340 e. The normalized spacial score (nSPS) is 15.1. The molecule has 0 radical (unpaired) electrons. The lowest BCUT2D eigenvalue weighted by molar-refractivity contribution is -0.137. The van der Waals surface area contributed by atoms with Crippen molar-refractivity contribution in [3.63, 3.8) is 0 Å². The van der Waals surface area contributed by atoms with Crippen LogP contribution in [0.2, 0.25) is 0 Å². The number of hydrogen-bond acceptors (Lipinski definition) is 4. The fourth-order valence-electron chi connectivity index (χ4n) is 2.63. The summed E-state index contributed by atoms with van der Waals surface area (Å²) in [5, 5.41) is 5.99. The Bertz CT molecular complexity index is 758. The lowest BCUT2D eigenvalue weighted by atomic mass is 10.1. The molecule has 25 heavy (non-hydrogen) atoms. The summed E-state index contributed by atoms with van der Waals surface area (Å²) in [5.41, 5.74) is -0.201. The van der Waals surface area contributed by atoms with Crippen LogP contribution in [0.1, 0.15) is 15.9 Å². The summed E-state index contributed by atoms with van der Waals surface area (Å²) in [4.78, 5) is 18.5. The lowest BCUT2D eigenvalue weighted by Gasteiger charge is -2.28. The molecule has 0 saturated carbocycles. The molecule has 1 aromatic heterocycles. The van der Waals surface area contributed by atoms with Gasteiger partial charge in [-0.2, -0.15) is 13.2 Å². The average molecular weight is 350 g/mol. The third-order valence-electron chi connectivity index (χ3n) is 3.89. The highest BCUT2D eigenvalue weighted by atomic mass is 19.4. The number of alkyl halides is 3. The fourth-order valence-corrected chi connectivity index (χ4v) is 2.63. The number of benzene rings is 1. The van der Waals surface area contributed by atoms with E-state index < -0.39 is 11.7 Å². The van der Waals surface area contributed by atoms with Crippen molar-refractivity contribution in [2.24, 2.45) is 0 Å². The van der Waals surface area contributed by atoms with Crippen molar-refractivity contribution in [2.75, 3.05) is 31.5 Å². The molecule has 0 spiro atoms. The van der Waals surface area contributed by atoms with Gasteiger partial charge in [-0.3, -0.25) is 4.79 Å². The minimum atomic E-state index is -4.43. The van der Waals surface area contributed by atoms with Gasteiger partial charge in [0.1, 0.15) is 5.82 Å². The maximum atomic E-state index is 12.8. The highest BCUT2D eigenvalue weighted by Gasteiger charge is 2.30. The van der Waals surface area contributed by atoms with E-state index in [1.165, 1.54) is 18.3 Å². The molecule has 2 heterocycles. The van der Waals surface area contributed by atoms with Crippen LogP contribution in [-0.2, 0) is 6.18 Å². The lowest BCUT2D eigenvalue weighted by Crippen LogP contribution is -2.46. The number of carbonyl (C=O) groups is 1. The quantitative estimate of drug-likeness (QED) is 0.894. The van der Waals surface area contributed by atoms with Crippen molar-refractivity contribution < 1.29 is 18.0 Å². The third kappa shape index (κ3) is 4.08. The van der Waals surface area contributed by atoms with Gasteiger partial charge in [-0.25, -0.2) is 4.98 Å². The van der Waals surface area contributed by atoms with E-state index in [1.54, 1.807) is 17.0 Å². The van der Waals surface area contributed by atoms with Crippen LogP contribution in [0, 0.1) is 0 Å². The number of carbonyl (C=O) groups excluding carboxylic acids is 1. The number of halogens is 3. The van der Waals surface area contributed by atoms with Crippen LogP contribution in [0.3, 0.4) is 0 Å². The molecule has 0 atom stereocenters. The van der Waals surface area contributed by atoms with E-state index >= 15 is 0 Å². The van der Waals surface area contributed by atoms with Crippen molar-refractivity contribution in [2.45, 2.75) is 6.18 Å². The van der Waals surface area contributed by atoms with Gasteiger partial charge in [-0.15, -0.1) is 0 Å². The van der Waals surface area contributed by atoms with E-state index in [9.17, 15) is 18.0 Å². The predicted molar refractivity (Wildman–Crippen MR) is 87.7 cm³/mol. The predicted octanol–water partition coefficient (Wildman–Crippen LogP) is 2.89. The summed E-state index contributed by atoms with van der Waals surface area (Å²) in [6, 6.07) is 8.05. The highest BCUT2D eigenvalue weighted by molar-refractivity contribution is 5.99. The minimum absolute atomic E-state index is 0.191. The number of amides is 1. The van der Waals surface area contributed by atoms with Crippen LogP contribution >= 0.6 is 0 Å². The zero-order valence-corrected chi connectivity index (χ0v) is 13.3. The number of hydrogen-bond donors (Lipinski definition) is 2. The molecule has 8 heteroatoms. The summed E-state index contributed by atoms with van der Waals surface area (Å²) in [5.74, 6) is 0.0504. The Balaban J connectivity index is 1.85. The molecule has 5 nitrogen and oxygen atoms in total. The molecule has 3 rings (SSSR count). The molecule has 1 saturated heterocycles. The van der Waals surface area contributed by atoms with E-state index in [-0.39, 0.29) is 17.4 Å². The largest absolute Gasteiger partial charge is 0.416 e. The molecule has 0 bridgehead atoms. The van der Waals surface area contributed by atoms with Crippen LogP contribution in [0.4, 0.5) is 24.7 Å². The van der Waals surface area contributed by atoms with Crippen molar-refractivity contribution in [3.8, 4) is 0 Å². The first-order chi connectivity index (χ1) is 11.9. The van der Waals surface area contributed by atoms with Gasteiger partial charge >= 0.3 is 6.18 Å². The molecule has 1 amide bonds. The Hall–Kier alpha value is -2.61. The highest BCUT2D eigenvalue weighted by Crippen LogP contribution is 2.31. The van der Waals surface area contributed by atoms with Crippen LogP contribution < -0.4 is 10.6 Å². The molecule has 0 unspecified atom stereocenters. The van der Waals surface area contributed by atoms with Gasteiger partial charge in [-0.05, 0) is 30.3 Å². The van der Waals surface area contributed by atoms with Crippen molar-refractivity contribution in [3.05, 3.63) is 53.7 Å². The summed E-state index contributed by atoms with van der Waals surface area (Å²) in [6.45, 7) is 2.58. The van der Waals surface area contributed by atoms with Gasteiger partial charge < -0.3 is 15.5 Å². The minimum Gasteiger partial charge on any atom is -0.340 e. The summed E-state index contributed by atoms with van der Waals surface area (Å²) >= 11 is 0. The SMILES string of the molecule is O=C(c1cccnc1Nc1cccc(C(F)(F)F)c1)N1CCNCC1. The Morgan fingerprint density at radius 2 is 1.92 bits per heavy atom. The van der Waals surface area contributed by atoms with Gasteiger partial charge in [0.15, 0.2) is 0 Å². The maximum absolute atomic E-state index is 12.8. The van der Waals surface area contributed by atoms with E-state index in [0.29, 0.717) is 31.7 Å². The molecule has 1 fully saturated rings. The van der Waals surface area contributed by atoms with Gasteiger partial charge in [0.25, 0.3) is 5.91 Å². The van der Waals surface area contributed by atoms with E-state index in [0.717, 1.165) is 12.1 Å². The molecule has 132 valence electrons. The molecule has 2 aromatic rings. The molecule has 2 N–H and O–H groups in total. The number of nitrogens with zero attached hydrogens (tertiary/aromatic N) is 2. The second kappa shape index (κ2) is 7.10. The number of piperazine rings is 1. The second-order valence-corrected chi connectivity index (χ2v) is 5.65. The first kappa shape index (κ1) is 17.2. The molecular formula is C17H17F3N4O. The number of nitrogens with one attached hydrogen (secondary N) is 2. The average Bonchev–Trinajstić information content (AvgIpc) is 2.62. The second-order valence-electron chi connectivity index (χ2n) is 5.65. The van der Waals surface area contributed by atoms with Crippen molar-refractivity contribution in [1.29, 1.82) is 0 Å². The maximum Gasteiger partial charge on any atom is 0.416 e. The molecule has 1 aromatic carbocycles. The van der Waals surface area contributed by atoms with Gasteiger partial charge in [0.2, 0.25) is 0 Å². The van der Waals surface area contributed by atoms with E-state index in [2.05, 4.69) is 15.6 Å². The van der Waals surface area contributed by atoms with Gasteiger partial charge in [0.05, 0.1) is 11.1 Å². The first-order valence-electron chi connectivity index (χ1n) is 7.84. The van der Waals surface area contributed by atoms with Crippen molar-refractivity contribution in [1.82, 2.24) is 15.2 Å².